The molecule has 1 aromatic carbocycles. The van der Waals surface area contributed by atoms with E-state index < -0.39 is 0 Å². The van der Waals surface area contributed by atoms with Crippen LogP contribution in [0.15, 0.2) is 30.5 Å². The predicted molar refractivity (Wildman–Crippen MR) is 95.1 cm³/mol. The highest BCUT2D eigenvalue weighted by atomic mass is 32.1. The fourth-order valence-corrected chi connectivity index (χ4v) is 3.66. The number of nitrogens with one attached hydrogen (secondary N) is 2. The summed E-state index contributed by atoms with van der Waals surface area (Å²) >= 11 is 1.44. The largest absolute Gasteiger partial charge is 0.344 e. The molecule has 1 aliphatic rings. The molecule has 0 unspecified atom stereocenters. The highest BCUT2D eigenvalue weighted by Crippen LogP contribution is 2.30. The van der Waals surface area contributed by atoms with E-state index in [1.807, 2.05) is 18.2 Å². The molecule has 1 fully saturated rings. The quantitative estimate of drug-likeness (QED) is 0.899. The van der Waals surface area contributed by atoms with E-state index >= 15 is 0 Å². The molecule has 1 aromatic heterocycles. The summed E-state index contributed by atoms with van der Waals surface area (Å²) in [6.45, 7) is 2.59. The fraction of sp³-hybridized carbons (Fsp3) is 0.353. The number of carbonyl (C=O) groups excluding carboxylic acids is 2. The molecular weight excluding hydrogens is 324 g/mol. The number of likely N-dealkylation sites (N-methyl/N-ethyl adjacent to an activating group) is 1. The molecule has 1 atom stereocenters. The van der Waals surface area contributed by atoms with Crippen LogP contribution in [0.2, 0.25) is 0 Å². The third-order valence-corrected chi connectivity index (χ3v) is 5.04. The second kappa shape index (κ2) is 7.00. The lowest BCUT2D eigenvalue weighted by atomic mass is 10.1. The summed E-state index contributed by atoms with van der Waals surface area (Å²) in [7, 11) is 1.75. The second-order valence-corrected chi connectivity index (χ2v) is 6.98. The molecule has 3 rings (SSSR count). The Morgan fingerprint density at radius 3 is 2.92 bits per heavy atom. The first-order valence-corrected chi connectivity index (χ1v) is 8.68. The van der Waals surface area contributed by atoms with Crippen molar-refractivity contribution in [2.75, 3.05) is 18.9 Å². The third kappa shape index (κ3) is 3.73. The summed E-state index contributed by atoms with van der Waals surface area (Å²) in [4.78, 5) is 30.5. The molecule has 0 spiro atoms. The van der Waals surface area contributed by atoms with Gasteiger partial charge in [-0.05, 0) is 24.5 Å². The summed E-state index contributed by atoms with van der Waals surface area (Å²) in [6, 6.07) is 7.77. The standard InChI is InChI=1S/C17H20N4O2S/c1-11-5-3-4-6-13(11)14-9-18-17(24-14)20-16(23)19-12-7-8-15(22)21(2)10-12/h3-6,9,12H,7-8,10H2,1-2H3,(H2,18,19,20,23)/t12-/m0/s1. The van der Waals surface area contributed by atoms with E-state index in [0.717, 1.165) is 10.4 Å². The minimum Gasteiger partial charge on any atom is -0.344 e. The Bertz CT molecular complexity index is 759. The second-order valence-electron chi connectivity index (χ2n) is 5.95. The number of nitrogens with zero attached hydrogens (tertiary/aromatic N) is 2. The zero-order valence-corrected chi connectivity index (χ0v) is 14.5. The van der Waals surface area contributed by atoms with Gasteiger partial charge in [0, 0.05) is 32.3 Å². The van der Waals surface area contributed by atoms with Crippen LogP contribution in [0.1, 0.15) is 18.4 Å². The number of amides is 3. The van der Waals surface area contributed by atoms with Crippen LogP contribution in [0, 0.1) is 6.92 Å². The highest BCUT2D eigenvalue weighted by molar-refractivity contribution is 7.19. The number of urea groups is 1. The molecule has 2 heterocycles. The van der Waals surface area contributed by atoms with Crippen LogP contribution in [-0.4, -0.2) is 41.5 Å². The van der Waals surface area contributed by atoms with Gasteiger partial charge in [-0.15, -0.1) is 0 Å². The van der Waals surface area contributed by atoms with Gasteiger partial charge in [0.2, 0.25) is 5.91 Å². The van der Waals surface area contributed by atoms with Crippen LogP contribution in [0.3, 0.4) is 0 Å². The van der Waals surface area contributed by atoms with Crippen molar-refractivity contribution in [2.45, 2.75) is 25.8 Å². The molecule has 1 aliphatic heterocycles. The highest BCUT2D eigenvalue weighted by Gasteiger charge is 2.24. The van der Waals surface area contributed by atoms with Crippen molar-refractivity contribution in [1.82, 2.24) is 15.2 Å². The van der Waals surface area contributed by atoms with Crippen molar-refractivity contribution in [3.8, 4) is 10.4 Å². The maximum absolute atomic E-state index is 12.1. The van der Waals surface area contributed by atoms with Gasteiger partial charge in [-0.3, -0.25) is 10.1 Å². The van der Waals surface area contributed by atoms with Crippen LogP contribution in [0.4, 0.5) is 9.93 Å². The molecule has 126 valence electrons. The number of thiazole rings is 1. The van der Waals surface area contributed by atoms with Gasteiger partial charge >= 0.3 is 6.03 Å². The first-order valence-electron chi connectivity index (χ1n) is 7.86. The minimum atomic E-state index is -0.284. The van der Waals surface area contributed by atoms with Gasteiger partial charge in [-0.1, -0.05) is 35.6 Å². The molecule has 6 nitrogen and oxygen atoms in total. The molecule has 1 saturated heterocycles. The lowest BCUT2D eigenvalue weighted by Crippen LogP contribution is -2.49. The van der Waals surface area contributed by atoms with Gasteiger partial charge in [0.25, 0.3) is 0 Å². The van der Waals surface area contributed by atoms with Crippen molar-refractivity contribution in [2.24, 2.45) is 0 Å². The molecule has 3 amide bonds. The van der Waals surface area contributed by atoms with E-state index in [-0.39, 0.29) is 18.0 Å². The number of rotatable bonds is 3. The van der Waals surface area contributed by atoms with Gasteiger partial charge in [-0.25, -0.2) is 9.78 Å². The molecule has 2 N–H and O–H groups in total. The maximum Gasteiger partial charge on any atom is 0.321 e. The Kier molecular flexibility index (Phi) is 4.80. The van der Waals surface area contributed by atoms with Crippen LogP contribution in [0.25, 0.3) is 10.4 Å². The average molecular weight is 344 g/mol. The summed E-state index contributed by atoms with van der Waals surface area (Å²) in [5.41, 5.74) is 2.29. The van der Waals surface area contributed by atoms with Gasteiger partial charge in [-0.2, -0.15) is 0 Å². The number of anilines is 1. The molecule has 0 aliphatic carbocycles. The van der Waals surface area contributed by atoms with E-state index in [4.69, 9.17) is 0 Å². The van der Waals surface area contributed by atoms with Crippen LogP contribution in [-0.2, 0) is 4.79 Å². The average Bonchev–Trinajstić information content (AvgIpc) is 2.99. The number of hydrogen-bond acceptors (Lipinski definition) is 4. The normalized spacial score (nSPS) is 17.7. The number of carbonyl (C=O) groups is 2. The monoisotopic (exact) mass is 344 g/mol. The number of aryl methyl sites for hydroxylation is 1. The van der Waals surface area contributed by atoms with E-state index in [2.05, 4.69) is 28.6 Å². The van der Waals surface area contributed by atoms with Gasteiger partial charge < -0.3 is 10.2 Å². The maximum atomic E-state index is 12.1. The van der Waals surface area contributed by atoms with E-state index in [1.165, 1.54) is 16.9 Å². The zero-order valence-electron chi connectivity index (χ0n) is 13.7. The first kappa shape index (κ1) is 16.4. The summed E-state index contributed by atoms with van der Waals surface area (Å²) < 4.78 is 0. The lowest BCUT2D eigenvalue weighted by molar-refractivity contribution is -0.132. The van der Waals surface area contributed by atoms with Gasteiger partial charge in [0.05, 0.1) is 4.88 Å². The number of likely N-dealkylation sites (tertiary alicyclic amines) is 1. The van der Waals surface area contributed by atoms with E-state index in [1.54, 1.807) is 18.1 Å². The molecule has 24 heavy (non-hydrogen) atoms. The first-order chi connectivity index (χ1) is 11.5. The SMILES string of the molecule is Cc1ccccc1-c1cnc(NC(=O)N[C@H]2CCC(=O)N(C)C2)s1. The van der Waals surface area contributed by atoms with E-state index in [9.17, 15) is 9.59 Å². The zero-order chi connectivity index (χ0) is 17.1. The number of aromatic nitrogens is 1. The minimum absolute atomic E-state index is 0.0245. The van der Waals surface area contributed by atoms with Crippen molar-refractivity contribution in [3.63, 3.8) is 0 Å². The smallest absolute Gasteiger partial charge is 0.321 e. The summed E-state index contributed by atoms with van der Waals surface area (Å²) in [5, 5.41) is 6.24. The van der Waals surface area contributed by atoms with Gasteiger partial charge in [0.1, 0.15) is 0 Å². The Hall–Kier alpha value is -2.41. The van der Waals surface area contributed by atoms with Crippen molar-refractivity contribution < 1.29 is 9.59 Å². The molecule has 0 saturated carbocycles. The van der Waals surface area contributed by atoms with Crippen LogP contribution >= 0.6 is 11.3 Å². The number of hydrogen-bond donors (Lipinski definition) is 2. The Morgan fingerprint density at radius 2 is 2.17 bits per heavy atom. The molecular formula is C17H20N4O2S. The lowest BCUT2D eigenvalue weighted by Gasteiger charge is -2.29. The summed E-state index contributed by atoms with van der Waals surface area (Å²) in [5.74, 6) is 0.122. The number of piperidine rings is 1. The van der Waals surface area contributed by atoms with Crippen molar-refractivity contribution >= 4 is 28.4 Å². The van der Waals surface area contributed by atoms with Crippen molar-refractivity contribution in [3.05, 3.63) is 36.0 Å². The van der Waals surface area contributed by atoms with Crippen LogP contribution in [0.5, 0.6) is 0 Å². The van der Waals surface area contributed by atoms with Gasteiger partial charge in [0.15, 0.2) is 5.13 Å². The Balaban J connectivity index is 1.60. The predicted octanol–water partition coefficient (Wildman–Crippen LogP) is 2.86. The topological polar surface area (TPSA) is 74.3 Å². The third-order valence-electron chi connectivity index (χ3n) is 4.10. The Labute approximate surface area is 144 Å². The molecule has 0 radical (unpaired) electrons. The molecule has 2 aromatic rings. The van der Waals surface area contributed by atoms with E-state index in [0.29, 0.717) is 24.5 Å². The fourth-order valence-electron chi connectivity index (χ4n) is 2.75. The summed E-state index contributed by atoms with van der Waals surface area (Å²) in [6.07, 6.45) is 2.91. The van der Waals surface area contributed by atoms with Crippen LogP contribution < -0.4 is 10.6 Å². The number of benzene rings is 1. The molecule has 0 bridgehead atoms. The van der Waals surface area contributed by atoms with Crippen molar-refractivity contribution in [1.29, 1.82) is 0 Å². The molecule has 7 heteroatoms. The Morgan fingerprint density at radius 1 is 1.38 bits per heavy atom.